The number of aromatic amines is 1. The summed E-state index contributed by atoms with van der Waals surface area (Å²) in [5.74, 6) is 0.153. The molecule has 1 saturated heterocycles. The zero-order valence-electron chi connectivity index (χ0n) is 14.4. The molecule has 6 heteroatoms. The van der Waals surface area contributed by atoms with Crippen molar-refractivity contribution >= 4 is 5.78 Å². The Bertz CT molecular complexity index is 823. The van der Waals surface area contributed by atoms with Crippen LogP contribution in [0.3, 0.4) is 0 Å². The molecule has 3 rings (SSSR count). The van der Waals surface area contributed by atoms with Crippen LogP contribution in [0.1, 0.15) is 28.9 Å². The molecule has 6 nitrogen and oxygen atoms in total. The maximum absolute atomic E-state index is 12.6. The van der Waals surface area contributed by atoms with Crippen LogP contribution in [-0.4, -0.2) is 39.9 Å². The van der Waals surface area contributed by atoms with E-state index in [1.807, 2.05) is 30.3 Å². The summed E-state index contributed by atoms with van der Waals surface area (Å²) < 4.78 is 1.22. The monoisotopic (exact) mass is 341 g/mol. The zero-order valence-corrected chi connectivity index (χ0v) is 14.4. The molecule has 0 saturated carbocycles. The van der Waals surface area contributed by atoms with Crippen LogP contribution in [0.4, 0.5) is 0 Å². The fourth-order valence-electron chi connectivity index (χ4n) is 3.40. The number of ketones is 1. The summed E-state index contributed by atoms with van der Waals surface area (Å²) >= 11 is 0. The Morgan fingerprint density at radius 2 is 1.96 bits per heavy atom. The average Bonchev–Trinajstić information content (AvgIpc) is 2.61. The predicted octanol–water partition coefficient (Wildman–Crippen LogP) is 1.44. The molecule has 0 radical (unpaired) electrons. The van der Waals surface area contributed by atoms with Gasteiger partial charge in [-0.1, -0.05) is 30.3 Å². The molecule has 25 heavy (non-hydrogen) atoms. The first-order valence-electron chi connectivity index (χ1n) is 8.67. The Balaban J connectivity index is 1.64. The number of hydrogen-bond acceptors (Lipinski definition) is 4. The van der Waals surface area contributed by atoms with Gasteiger partial charge in [-0.15, -0.1) is 0 Å². The number of aromatic nitrogens is 2. The summed E-state index contributed by atoms with van der Waals surface area (Å²) in [6.07, 6.45) is 1.83. The first-order chi connectivity index (χ1) is 12.0. The Morgan fingerprint density at radius 3 is 2.68 bits per heavy atom. The molecule has 1 aromatic heterocycles. The van der Waals surface area contributed by atoms with Gasteiger partial charge in [-0.3, -0.25) is 14.2 Å². The number of H-pyrrole nitrogens is 1. The van der Waals surface area contributed by atoms with E-state index in [0.717, 1.165) is 24.9 Å². The highest BCUT2D eigenvalue weighted by molar-refractivity contribution is 5.98. The van der Waals surface area contributed by atoms with Crippen molar-refractivity contribution in [1.29, 1.82) is 0 Å². The largest absolute Gasteiger partial charge is 0.328 e. The molecule has 1 aliphatic rings. The van der Waals surface area contributed by atoms with Gasteiger partial charge in [-0.2, -0.15) is 0 Å². The van der Waals surface area contributed by atoms with Gasteiger partial charge in [0.1, 0.15) is 0 Å². The second-order valence-electron chi connectivity index (χ2n) is 6.62. The number of piperidine rings is 1. The number of carbonyl (C=O) groups is 1. The molecular formula is C19H23N3O3. The lowest BCUT2D eigenvalue weighted by molar-refractivity contribution is 0.0815. The highest BCUT2D eigenvalue weighted by Gasteiger charge is 2.26. The summed E-state index contributed by atoms with van der Waals surface area (Å²) in [6.45, 7) is 4.17. The van der Waals surface area contributed by atoms with Crippen molar-refractivity contribution in [2.24, 2.45) is 5.92 Å². The molecule has 1 N–H and O–H groups in total. The smallest absolute Gasteiger partial charge is 0.311 e. The number of carbonyl (C=O) groups excluding carboxylic acids is 1. The van der Waals surface area contributed by atoms with Crippen molar-refractivity contribution < 1.29 is 4.79 Å². The predicted molar refractivity (Wildman–Crippen MR) is 96.0 cm³/mol. The summed E-state index contributed by atoms with van der Waals surface area (Å²) in [5.41, 5.74) is 0.660. The van der Waals surface area contributed by atoms with Gasteiger partial charge in [0.15, 0.2) is 5.78 Å². The lowest BCUT2D eigenvalue weighted by Crippen LogP contribution is -2.43. The lowest BCUT2D eigenvalue weighted by atomic mass is 9.90. The van der Waals surface area contributed by atoms with E-state index in [0.29, 0.717) is 25.3 Å². The number of nitrogens with one attached hydrogen (secondary N) is 1. The van der Waals surface area contributed by atoms with Gasteiger partial charge in [-0.25, -0.2) is 4.79 Å². The average molecular weight is 341 g/mol. The number of rotatable bonds is 5. The van der Waals surface area contributed by atoms with Crippen LogP contribution < -0.4 is 11.2 Å². The number of hydrogen-bond donors (Lipinski definition) is 1. The minimum Gasteiger partial charge on any atom is -0.311 e. The summed E-state index contributed by atoms with van der Waals surface area (Å²) in [5, 5.41) is 0. The first-order valence-corrected chi connectivity index (χ1v) is 8.67. The fraction of sp³-hybridized carbons (Fsp3) is 0.421. The van der Waals surface area contributed by atoms with Gasteiger partial charge in [0.05, 0.1) is 0 Å². The van der Waals surface area contributed by atoms with Crippen molar-refractivity contribution in [3.63, 3.8) is 0 Å². The zero-order chi connectivity index (χ0) is 17.8. The third-order valence-corrected chi connectivity index (χ3v) is 4.73. The molecule has 1 fully saturated rings. The van der Waals surface area contributed by atoms with Gasteiger partial charge in [0, 0.05) is 42.9 Å². The van der Waals surface area contributed by atoms with E-state index in [4.69, 9.17) is 0 Å². The van der Waals surface area contributed by atoms with Crippen LogP contribution in [0.2, 0.25) is 0 Å². The Hall–Kier alpha value is -2.47. The number of benzene rings is 1. The van der Waals surface area contributed by atoms with Crippen molar-refractivity contribution in [3.05, 3.63) is 68.5 Å². The molecule has 0 spiro atoms. The molecule has 0 aliphatic carbocycles. The number of aryl methyl sites for hydroxylation is 1. The molecule has 2 heterocycles. The molecule has 132 valence electrons. The third kappa shape index (κ3) is 4.14. The van der Waals surface area contributed by atoms with Crippen LogP contribution in [0, 0.1) is 12.8 Å². The van der Waals surface area contributed by atoms with Crippen LogP contribution in [0.5, 0.6) is 0 Å². The Morgan fingerprint density at radius 1 is 1.20 bits per heavy atom. The van der Waals surface area contributed by atoms with Gasteiger partial charge in [0.2, 0.25) is 0 Å². The van der Waals surface area contributed by atoms with E-state index < -0.39 is 0 Å². The van der Waals surface area contributed by atoms with Gasteiger partial charge in [-0.05, 0) is 26.3 Å². The molecular weight excluding hydrogens is 318 g/mol. The maximum atomic E-state index is 12.6. The highest BCUT2D eigenvalue weighted by atomic mass is 16.2. The fourth-order valence-corrected chi connectivity index (χ4v) is 3.40. The quantitative estimate of drug-likeness (QED) is 0.835. The minimum absolute atomic E-state index is 0.0239. The van der Waals surface area contributed by atoms with Crippen molar-refractivity contribution in [2.75, 3.05) is 19.6 Å². The van der Waals surface area contributed by atoms with Gasteiger partial charge in [0.25, 0.3) is 5.56 Å². The van der Waals surface area contributed by atoms with E-state index in [1.54, 1.807) is 6.92 Å². The van der Waals surface area contributed by atoms with Crippen molar-refractivity contribution in [2.45, 2.75) is 26.3 Å². The lowest BCUT2D eigenvalue weighted by Gasteiger charge is -2.32. The Labute approximate surface area is 146 Å². The van der Waals surface area contributed by atoms with Crippen LogP contribution in [-0.2, 0) is 6.54 Å². The second-order valence-corrected chi connectivity index (χ2v) is 6.62. The van der Waals surface area contributed by atoms with E-state index in [1.165, 1.54) is 10.6 Å². The van der Waals surface area contributed by atoms with E-state index in [2.05, 4.69) is 9.88 Å². The van der Waals surface area contributed by atoms with Crippen LogP contribution >= 0.6 is 0 Å². The molecule has 0 amide bonds. The third-order valence-electron chi connectivity index (χ3n) is 4.73. The normalized spacial score (nSPS) is 18.2. The SMILES string of the molecule is Cc1cc(=O)n(CCN2CCC[C@H](C(=O)c3ccccc3)C2)c(=O)[nH]1. The topological polar surface area (TPSA) is 75.2 Å². The van der Waals surface area contributed by atoms with E-state index in [-0.39, 0.29) is 23.0 Å². The molecule has 1 atom stereocenters. The van der Waals surface area contributed by atoms with E-state index >= 15 is 0 Å². The highest BCUT2D eigenvalue weighted by Crippen LogP contribution is 2.20. The first kappa shape index (κ1) is 17.4. The maximum Gasteiger partial charge on any atom is 0.328 e. The summed E-state index contributed by atoms with van der Waals surface area (Å²) in [6, 6.07) is 10.8. The number of Topliss-reactive ketones (excluding diaryl/α,β-unsaturated/α-hetero) is 1. The number of nitrogens with zero attached hydrogens (tertiary/aromatic N) is 2. The van der Waals surface area contributed by atoms with Gasteiger partial charge >= 0.3 is 5.69 Å². The van der Waals surface area contributed by atoms with Crippen molar-refractivity contribution in [1.82, 2.24) is 14.5 Å². The minimum atomic E-state index is -0.376. The second kappa shape index (κ2) is 7.61. The van der Waals surface area contributed by atoms with E-state index in [9.17, 15) is 14.4 Å². The molecule has 1 aromatic carbocycles. The molecule has 1 aliphatic heterocycles. The number of likely N-dealkylation sites (tertiary alicyclic amines) is 1. The molecule has 0 unspecified atom stereocenters. The Kier molecular flexibility index (Phi) is 5.28. The summed E-state index contributed by atoms with van der Waals surface area (Å²) in [4.78, 5) is 41.3. The summed E-state index contributed by atoms with van der Waals surface area (Å²) in [7, 11) is 0. The van der Waals surface area contributed by atoms with Crippen LogP contribution in [0.25, 0.3) is 0 Å². The standard InChI is InChI=1S/C19H23N3O3/c1-14-12-17(23)22(19(25)20-14)11-10-21-9-5-8-16(13-21)18(24)15-6-3-2-4-7-15/h2-4,6-7,12,16H,5,8-11,13H2,1H3,(H,20,25)/t16-/m0/s1. The molecule has 2 aromatic rings. The van der Waals surface area contributed by atoms with Gasteiger partial charge < -0.3 is 9.88 Å². The van der Waals surface area contributed by atoms with Crippen LogP contribution in [0.15, 0.2) is 46.0 Å². The molecule has 0 bridgehead atoms. The van der Waals surface area contributed by atoms with Crippen molar-refractivity contribution in [3.8, 4) is 0 Å².